The summed E-state index contributed by atoms with van der Waals surface area (Å²) in [6, 6.07) is 15.7. The summed E-state index contributed by atoms with van der Waals surface area (Å²) < 4.78 is 0.634. The number of phenols is 1. The Morgan fingerprint density at radius 1 is 0.674 bits per heavy atom. The number of fused-ring (bicyclic) bond motifs is 4. The second-order valence-electron chi connectivity index (χ2n) is 12.0. The lowest BCUT2D eigenvalue weighted by Crippen LogP contribution is -2.43. The van der Waals surface area contributed by atoms with Gasteiger partial charge in [0.2, 0.25) is 23.6 Å². The molecule has 1 saturated carbocycles. The van der Waals surface area contributed by atoms with Crippen LogP contribution in [0, 0.1) is 29.6 Å². The van der Waals surface area contributed by atoms with Crippen LogP contribution in [0.15, 0.2) is 82.9 Å². The third kappa shape index (κ3) is 4.38. The molecule has 3 aromatic carbocycles. The summed E-state index contributed by atoms with van der Waals surface area (Å²) in [6.45, 7) is 0. The standard InChI is InChI=1S/C34H25BrN2O9/c35-17-5-12-25(38)23(13-17)26-20-10-11-21-27(31(41)36(29(21)39)18-6-1-15(2-7-18)33(43)44)22(20)14-24-28(26)32(42)37(30(24)40)19-8-3-16(4-9-19)34(45)46/h1-10,12-13,21-22,24,26-28,38H,11,14H2,(H,43,44)(H,45,46)/t21-,22+,24+,26+,27-,28+/m0/s1. The Bertz CT molecular complexity index is 1900. The van der Waals surface area contributed by atoms with Gasteiger partial charge in [-0.15, -0.1) is 0 Å². The lowest BCUT2D eigenvalue weighted by atomic mass is 9.57. The fourth-order valence-corrected chi connectivity index (χ4v) is 8.11. The Morgan fingerprint density at radius 2 is 1.20 bits per heavy atom. The molecule has 3 N–H and O–H groups in total. The number of hydrogen-bond acceptors (Lipinski definition) is 7. The zero-order chi connectivity index (χ0) is 32.6. The monoisotopic (exact) mass is 684 g/mol. The molecule has 0 radical (unpaired) electrons. The Balaban J connectivity index is 1.31. The number of allylic oxidation sites excluding steroid dienone is 2. The number of rotatable bonds is 5. The average Bonchev–Trinajstić information content (AvgIpc) is 3.45. The first kappa shape index (κ1) is 29.6. The zero-order valence-electron chi connectivity index (χ0n) is 23.9. The van der Waals surface area contributed by atoms with E-state index in [9.17, 15) is 44.1 Å². The van der Waals surface area contributed by atoms with Gasteiger partial charge < -0.3 is 15.3 Å². The van der Waals surface area contributed by atoms with E-state index in [0.29, 0.717) is 15.6 Å². The highest BCUT2D eigenvalue weighted by Crippen LogP contribution is 2.59. The second-order valence-corrected chi connectivity index (χ2v) is 12.9. The van der Waals surface area contributed by atoms with E-state index in [4.69, 9.17) is 0 Å². The number of amides is 4. The van der Waals surface area contributed by atoms with Crippen LogP contribution >= 0.6 is 15.9 Å². The normalized spacial score (nSPS) is 26.8. The largest absolute Gasteiger partial charge is 0.508 e. The number of nitrogens with zero attached hydrogens (tertiary/aromatic N) is 2. The fourth-order valence-electron chi connectivity index (χ4n) is 7.73. The Kier molecular flexibility index (Phi) is 6.93. The Morgan fingerprint density at radius 3 is 1.74 bits per heavy atom. The number of carboxylic acid groups (broad SMARTS) is 2. The number of phenolic OH excluding ortho intramolecular Hbond substituents is 1. The fraction of sp³-hybridized carbons (Fsp3) is 0.235. The summed E-state index contributed by atoms with van der Waals surface area (Å²) in [7, 11) is 0. The summed E-state index contributed by atoms with van der Waals surface area (Å²) in [5.74, 6) is -9.04. The number of carbonyl (C=O) groups is 6. The van der Waals surface area contributed by atoms with Crippen molar-refractivity contribution in [1.82, 2.24) is 0 Å². The molecule has 7 rings (SSSR count). The van der Waals surface area contributed by atoms with Crippen LogP contribution in [-0.4, -0.2) is 50.9 Å². The molecule has 0 aromatic heterocycles. The molecular weight excluding hydrogens is 660 g/mol. The molecule has 2 aliphatic carbocycles. The summed E-state index contributed by atoms with van der Waals surface area (Å²) in [6.07, 6.45) is 2.18. The Labute approximate surface area is 269 Å². The third-order valence-electron chi connectivity index (χ3n) is 9.72. The molecule has 4 aliphatic rings. The topological polar surface area (TPSA) is 170 Å². The summed E-state index contributed by atoms with van der Waals surface area (Å²) in [5.41, 5.74) is 1.56. The minimum atomic E-state index is -1.15. The van der Waals surface area contributed by atoms with Crippen molar-refractivity contribution in [1.29, 1.82) is 0 Å². The minimum absolute atomic E-state index is 0.00535. The predicted molar refractivity (Wildman–Crippen MR) is 165 cm³/mol. The van der Waals surface area contributed by atoms with Crippen LogP contribution in [0.25, 0.3) is 0 Å². The van der Waals surface area contributed by atoms with Crippen LogP contribution in [0.5, 0.6) is 5.75 Å². The lowest BCUT2D eigenvalue weighted by molar-refractivity contribution is -0.126. The smallest absolute Gasteiger partial charge is 0.335 e. The number of carbonyl (C=O) groups excluding carboxylic acids is 4. The van der Waals surface area contributed by atoms with Crippen molar-refractivity contribution in [2.24, 2.45) is 29.6 Å². The maximum absolute atomic E-state index is 14.2. The van der Waals surface area contributed by atoms with E-state index in [2.05, 4.69) is 15.9 Å². The van der Waals surface area contributed by atoms with E-state index >= 15 is 0 Å². The van der Waals surface area contributed by atoms with Crippen molar-refractivity contribution in [2.45, 2.75) is 18.8 Å². The van der Waals surface area contributed by atoms with Gasteiger partial charge in [-0.05, 0) is 85.5 Å². The molecule has 4 amide bonds. The Hall–Kier alpha value is -5.10. The van der Waals surface area contributed by atoms with Gasteiger partial charge in [-0.1, -0.05) is 27.6 Å². The number of anilines is 2. The van der Waals surface area contributed by atoms with E-state index in [1.54, 1.807) is 12.1 Å². The molecule has 2 aliphatic heterocycles. The molecule has 0 spiro atoms. The first-order chi connectivity index (χ1) is 22.0. The minimum Gasteiger partial charge on any atom is -0.508 e. The number of aromatic carboxylic acids is 2. The molecule has 232 valence electrons. The van der Waals surface area contributed by atoms with Crippen molar-refractivity contribution in [3.8, 4) is 5.75 Å². The van der Waals surface area contributed by atoms with Crippen LogP contribution in [0.1, 0.15) is 45.0 Å². The molecule has 0 unspecified atom stereocenters. The molecule has 2 heterocycles. The number of hydrogen-bond donors (Lipinski definition) is 3. The maximum Gasteiger partial charge on any atom is 0.335 e. The highest BCUT2D eigenvalue weighted by Gasteiger charge is 2.62. The number of aromatic hydroxyl groups is 1. The van der Waals surface area contributed by atoms with Crippen molar-refractivity contribution in [3.05, 3.63) is 99.5 Å². The van der Waals surface area contributed by atoms with E-state index in [-0.39, 0.29) is 41.1 Å². The molecule has 2 saturated heterocycles. The van der Waals surface area contributed by atoms with Gasteiger partial charge in [-0.25, -0.2) is 9.59 Å². The molecular formula is C34H25BrN2O9. The first-order valence-electron chi connectivity index (χ1n) is 14.6. The van der Waals surface area contributed by atoms with Gasteiger partial charge in [0.1, 0.15) is 5.75 Å². The number of benzene rings is 3. The lowest BCUT2D eigenvalue weighted by Gasteiger charge is -2.44. The molecule has 12 heteroatoms. The predicted octanol–water partition coefficient (Wildman–Crippen LogP) is 4.60. The van der Waals surface area contributed by atoms with Crippen LogP contribution in [0.3, 0.4) is 0 Å². The van der Waals surface area contributed by atoms with E-state index in [1.165, 1.54) is 54.6 Å². The van der Waals surface area contributed by atoms with Gasteiger partial charge in [-0.3, -0.25) is 29.0 Å². The molecule has 46 heavy (non-hydrogen) atoms. The van der Waals surface area contributed by atoms with Gasteiger partial charge in [0.25, 0.3) is 0 Å². The zero-order valence-corrected chi connectivity index (χ0v) is 25.5. The highest BCUT2D eigenvalue weighted by molar-refractivity contribution is 9.10. The van der Waals surface area contributed by atoms with Crippen LogP contribution < -0.4 is 9.80 Å². The average molecular weight is 685 g/mol. The number of carboxylic acids is 2. The van der Waals surface area contributed by atoms with Gasteiger partial charge in [0.15, 0.2) is 0 Å². The maximum atomic E-state index is 14.2. The SMILES string of the molecule is O=C(O)c1ccc(N2C(=O)[C@H]3[C@H](CC=C4[C@H]3C[C@H]3C(=O)N(c5ccc(C(=O)O)cc5)C(=O)[C@H]3[C@H]4c3cc(Br)ccc3O)C2=O)cc1. The second kappa shape index (κ2) is 10.8. The number of imide groups is 2. The van der Waals surface area contributed by atoms with E-state index < -0.39 is 71.1 Å². The van der Waals surface area contributed by atoms with Gasteiger partial charge in [-0.2, -0.15) is 0 Å². The summed E-state index contributed by atoms with van der Waals surface area (Å²) in [5, 5.41) is 29.7. The van der Waals surface area contributed by atoms with Crippen molar-refractivity contribution >= 4 is 62.9 Å². The quantitative estimate of drug-likeness (QED) is 0.257. The van der Waals surface area contributed by atoms with Crippen LogP contribution in [0.2, 0.25) is 0 Å². The van der Waals surface area contributed by atoms with Crippen molar-refractivity contribution < 1.29 is 44.1 Å². The van der Waals surface area contributed by atoms with E-state index in [1.807, 2.05) is 6.08 Å². The molecule has 3 aromatic rings. The third-order valence-corrected chi connectivity index (χ3v) is 10.2. The molecule has 3 fully saturated rings. The van der Waals surface area contributed by atoms with Crippen molar-refractivity contribution in [3.63, 3.8) is 0 Å². The summed E-state index contributed by atoms with van der Waals surface area (Å²) in [4.78, 5) is 80.9. The van der Waals surface area contributed by atoms with Gasteiger partial charge in [0, 0.05) is 16.0 Å². The summed E-state index contributed by atoms with van der Waals surface area (Å²) >= 11 is 3.44. The van der Waals surface area contributed by atoms with E-state index in [0.717, 1.165) is 9.80 Å². The number of halogens is 1. The highest BCUT2D eigenvalue weighted by atomic mass is 79.9. The van der Waals surface area contributed by atoms with Gasteiger partial charge >= 0.3 is 11.9 Å². The first-order valence-corrected chi connectivity index (χ1v) is 15.4. The van der Waals surface area contributed by atoms with Crippen LogP contribution in [0.4, 0.5) is 11.4 Å². The van der Waals surface area contributed by atoms with Crippen molar-refractivity contribution in [2.75, 3.05) is 9.80 Å². The molecule has 11 nitrogen and oxygen atoms in total. The molecule has 0 bridgehead atoms. The molecule has 6 atom stereocenters. The van der Waals surface area contributed by atoms with Gasteiger partial charge in [0.05, 0.1) is 46.2 Å². The van der Waals surface area contributed by atoms with Crippen LogP contribution in [-0.2, 0) is 19.2 Å².